The fourth-order valence-electron chi connectivity index (χ4n) is 1.70. The first-order valence-corrected chi connectivity index (χ1v) is 6.58. The lowest BCUT2D eigenvalue weighted by molar-refractivity contribution is 0.415. The van der Waals surface area contributed by atoms with Gasteiger partial charge in [-0.15, -0.1) is 0 Å². The fourth-order valence-corrected chi connectivity index (χ4v) is 1.96. The summed E-state index contributed by atoms with van der Waals surface area (Å²) in [5, 5.41) is 12.4. The number of anilines is 1. The summed E-state index contributed by atoms with van der Waals surface area (Å²) >= 11 is 3.38. The second kappa shape index (κ2) is 6.26. The van der Waals surface area contributed by atoms with Crippen molar-refractivity contribution in [2.45, 2.75) is 6.04 Å². The Morgan fingerprint density at radius 3 is 2.26 bits per heavy atom. The maximum absolute atomic E-state index is 9.26. The summed E-state index contributed by atoms with van der Waals surface area (Å²) in [5.74, 6) is 0.794. The van der Waals surface area contributed by atoms with Gasteiger partial charge in [-0.1, -0.05) is 28.1 Å². The molecule has 2 aromatic rings. The van der Waals surface area contributed by atoms with Crippen LogP contribution < -0.4 is 10.1 Å². The van der Waals surface area contributed by atoms with Crippen molar-refractivity contribution in [3.05, 3.63) is 58.6 Å². The van der Waals surface area contributed by atoms with Gasteiger partial charge < -0.3 is 10.1 Å². The molecule has 1 N–H and O–H groups in total. The lowest BCUT2D eigenvalue weighted by Gasteiger charge is -2.13. The van der Waals surface area contributed by atoms with E-state index in [0.29, 0.717) is 0 Å². The van der Waals surface area contributed by atoms with E-state index in [1.165, 1.54) is 0 Å². The van der Waals surface area contributed by atoms with E-state index in [-0.39, 0.29) is 6.04 Å². The molecule has 96 valence electrons. The summed E-state index contributed by atoms with van der Waals surface area (Å²) in [6.07, 6.45) is 0. The predicted octanol–water partition coefficient (Wildman–Crippen LogP) is 4.13. The number of nitrogens with one attached hydrogen (secondary N) is 1. The summed E-state index contributed by atoms with van der Waals surface area (Å²) in [6.45, 7) is 0. The summed E-state index contributed by atoms with van der Waals surface area (Å²) in [5.41, 5.74) is 1.82. The molecule has 0 bridgehead atoms. The van der Waals surface area contributed by atoms with E-state index in [4.69, 9.17) is 4.74 Å². The van der Waals surface area contributed by atoms with Crippen molar-refractivity contribution in [1.82, 2.24) is 0 Å². The molecule has 0 heterocycles. The van der Waals surface area contributed by atoms with Crippen LogP contribution in [0.3, 0.4) is 0 Å². The summed E-state index contributed by atoms with van der Waals surface area (Å²) < 4.78 is 6.10. The highest BCUT2D eigenvalue weighted by Gasteiger charge is 2.09. The second-order valence-corrected chi connectivity index (χ2v) is 4.90. The summed E-state index contributed by atoms with van der Waals surface area (Å²) in [6, 6.07) is 17.1. The van der Waals surface area contributed by atoms with Crippen LogP contribution >= 0.6 is 15.9 Å². The molecule has 2 rings (SSSR count). The monoisotopic (exact) mass is 316 g/mol. The molecule has 0 fully saturated rings. The molecule has 19 heavy (non-hydrogen) atoms. The zero-order valence-electron chi connectivity index (χ0n) is 10.4. The Bertz CT molecular complexity index is 573. The molecule has 3 nitrogen and oxygen atoms in total. The highest BCUT2D eigenvalue weighted by atomic mass is 79.9. The molecule has 0 amide bonds. The van der Waals surface area contributed by atoms with Gasteiger partial charge in [0.1, 0.15) is 11.8 Å². The van der Waals surface area contributed by atoms with Crippen LogP contribution in [0.25, 0.3) is 0 Å². The first-order chi connectivity index (χ1) is 9.22. The molecule has 4 heteroatoms. The van der Waals surface area contributed by atoms with E-state index >= 15 is 0 Å². The van der Waals surface area contributed by atoms with E-state index in [0.717, 1.165) is 21.5 Å². The van der Waals surface area contributed by atoms with Crippen LogP contribution in [-0.4, -0.2) is 7.11 Å². The molecule has 2 aromatic carbocycles. The van der Waals surface area contributed by atoms with Crippen molar-refractivity contribution >= 4 is 21.6 Å². The van der Waals surface area contributed by atoms with Gasteiger partial charge >= 0.3 is 0 Å². The molecule has 1 atom stereocenters. The maximum Gasteiger partial charge on any atom is 0.140 e. The number of benzene rings is 2. The Morgan fingerprint density at radius 2 is 1.74 bits per heavy atom. The van der Waals surface area contributed by atoms with Crippen molar-refractivity contribution in [3.63, 3.8) is 0 Å². The quantitative estimate of drug-likeness (QED) is 0.922. The van der Waals surface area contributed by atoms with Gasteiger partial charge in [-0.2, -0.15) is 5.26 Å². The standard InChI is InChI=1S/C15H13BrN2O/c1-19-14-8-6-13(7-9-14)18-15(10-17)11-2-4-12(16)5-3-11/h2-9,15,18H,1H3. The largest absolute Gasteiger partial charge is 0.497 e. The van der Waals surface area contributed by atoms with Gasteiger partial charge in [-0.05, 0) is 42.0 Å². The van der Waals surface area contributed by atoms with Crippen molar-refractivity contribution in [3.8, 4) is 11.8 Å². The number of hydrogen-bond donors (Lipinski definition) is 1. The van der Waals surface area contributed by atoms with Crippen molar-refractivity contribution < 1.29 is 4.74 Å². The summed E-state index contributed by atoms with van der Waals surface area (Å²) in [7, 11) is 1.63. The van der Waals surface area contributed by atoms with Crippen LogP contribution in [0.4, 0.5) is 5.69 Å². The normalized spacial score (nSPS) is 11.4. The SMILES string of the molecule is COc1ccc(NC(C#N)c2ccc(Br)cc2)cc1. The third-order valence-corrected chi connectivity index (χ3v) is 3.26. The third kappa shape index (κ3) is 3.49. The molecule has 0 spiro atoms. The summed E-state index contributed by atoms with van der Waals surface area (Å²) in [4.78, 5) is 0. The number of rotatable bonds is 4. The minimum atomic E-state index is -0.374. The van der Waals surface area contributed by atoms with Gasteiger partial charge in [0.2, 0.25) is 0 Å². The van der Waals surface area contributed by atoms with E-state index in [9.17, 15) is 5.26 Å². The van der Waals surface area contributed by atoms with Gasteiger partial charge in [0.25, 0.3) is 0 Å². The number of halogens is 1. The highest BCUT2D eigenvalue weighted by molar-refractivity contribution is 9.10. The van der Waals surface area contributed by atoms with Crippen LogP contribution in [0.1, 0.15) is 11.6 Å². The number of methoxy groups -OCH3 is 1. The average molecular weight is 317 g/mol. The van der Waals surface area contributed by atoms with Crippen LogP contribution in [0, 0.1) is 11.3 Å². The maximum atomic E-state index is 9.26. The van der Waals surface area contributed by atoms with Crippen molar-refractivity contribution in [1.29, 1.82) is 5.26 Å². The van der Waals surface area contributed by atoms with E-state index in [1.54, 1.807) is 7.11 Å². The zero-order valence-corrected chi connectivity index (χ0v) is 12.0. The molecule has 0 aliphatic carbocycles. The van der Waals surface area contributed by atoms with Gasteiger partial charge in [0, 0.05) is 10.2 Å². The molecule has 0 aromatic heterocycles. The predicted molar refractivity (Wildman–Crippen MR) is 79.1 cm³/mol. The number of nitrogens with zero attached hydrogens (tertiary/aromatic N) is 1. The topological polar surface area (TPSA) is 45.0 Å². The Hall–Kier alpha value is -1.99. The van der Waals surface area contributed by atoms with Gasteiger partial charge in [0.15, 0.2) is 0 Å². The highest BCUT2D eigenvalue weighted by Crippen LogP contribution is 2.22. The molecular weight excluding hydrogens is 304 g/mol. The molecule has 0 aliphatic rings. The van der Waals surface area contributed by atoms with Crippen molar-refractivity contribution in [2.24, 2.45) is 0 Å². The van der Waals surface area contributed by atoms with Crippen LogP contribution in [0.2, 0.25) is 0 Å². The van der Waals surface area contributed by atoms with E-state index in [1.807, 2.05) is 48.5 Å². The Morgan fingerprint density at radius 1 is 1.11 bits per heavy atom. The van der Waals surface area contributed by atoms with Crippen LogP contribution in [0.5, 0.6) is 5.75 Å². The minimum Gasteiger partial charge on any atom is -0.497 e. The Balaban J connectivity index is 2.14. The first-order valence-electron chi connectivity index (χ1n) is 5.78. The number of ether oxygens (including phenoxy) is 1. The van der Waals surface area contributed by atoms with Crippen LogP contribution in [-0.2, 0) is 0 Å². The smallest absolute Gasteiger partial charge is 0.140 e. The van der Waals surface area contributed by atoms with Gasteiger partial charge in [0.05, 0.1) is 13.2 Å². The van der Waals surface area contributed by atoms with Crippen LogP contribution in [0.15, 0.2) is 53.0 Å². The fraction of sp³-hybridized carbons (Fsp3) is 0.133. The number of nitriles is 1. The number of hydrogen-bond acceptors (Lipinski definition) is 3. The zero-order chi connectivity index (χ0) is 13.7. The lowest BCUT2D eigenvalue weighted by Crippen LogP contribution is -2.08. The Kier molecular flexibility index (Phi) is 4.43. The van der Waals surface area contributed by atoms with Gasteiger partial charge in [-0.3, -0.25) is 0 Å². The van der Waals surface area contributed by atoms with E-state index < -0.39 is 0 Å². The van der Waals surface area contributed by atoms with Crippen molar-refractivity contribution in [2.75, 3.05) is 12.4 Å². The second-order valence-electron chi connectivity index (χ2n) is 3.99. The van der Waals surface area contributed by atoms with Gasteiger partial charge in [-0.25, -0.2) is 0 Å². The molecular formula is C15H13BrN2O. The first kappa shape index (κ1) is 13.4. The lowest BCUT2D eigenvalue weighted by atomic mass is 10.1. The third-order valence-electron chi connectivity index (χ3n) is 2.73. The molecule has 0 radical (unpaired) electrons. The Labute approximate surface area is 121 Å². The molecule has 0 aliphatic heterocycles. The van der Waals surface area contributed by atoms with E-state index in [2.05, 4.69) is 27.3 Å². The average Bonchev–Trinajstić information content (AvgIpc) is 2.46. The molecule has 1 unspecified atom stereocenters. The minimum absolute atomic E-state index is 0.374. The molecule has 0 saturated carbocycles. The molecule has 0 saturated heterocycles.